The molecule has 4 nitrogen and oxygen atoms in total. The maximum Gasteiger partial charge on any atom is 0.239 e. The summed E-state index contributed by atoms with van der Waals surface area (Å²) >= 11 is 5.91. The highest BCUT2D eigenvalue weighted by molar-refractivity contribution is 6.31. The summed E-state index contributed by atoms with van der Waals surface area (Å²) in [5.74, 6) is 0.227. The molecule has 1 fully saturated rings. The molecular formula is C17H23ClN2O2. The number of amides is 2. The van der Waals surface area contributed by atoms with E-state index in [0.29, 0.717) is 16.6 Å². The third-order valence-corrected chi connectivity index (χ3v) is 4.49. The third kappa shape index (κ3) is 3.80. The summed E-state index contributed by atoms with van der Waals surface area (Å²) in [6.45, 7) is 7.00. The van der Waals surface area contributed by atoms with E-state index in [1.165, 1.54) is 0 Å². The Labute approximate surface area is 136 Å². The number of piperidine rings is 1. The predicted molar refractivity (Wildman–Crippen MR) is 88.8 cm³/mol. The summed E-state index contributed by atoms with van der Waals surface area (Å²) in [6, 6.07) is 6.93. The first-order chi connectivity index (χ1) is 10.3. The molecule has 1 aliphatic rings. The Hall–Kier alpha value is -1.55. The lowest BCUT2D eigenvalue weighted by Crippen LogP contribution is -2.49. The number of rotatable bonds is 3. The number of nitrogens with one attached hydrogen (secondary N) is 1. The Bertz CT molecular complexity index is 564. The second kappa shape index (κ2) is 6.69. The van der Waals surface area contributed by atoms with Gasteiger partial charge in [-0.1, -0.05) is 24.6 Å². The lowest BCUT2D eigenvalue weighted by Gasteiger charge is -2.35. The zero-order valence-corrected chi connectivity index (χ0v) is 14.1. The number of likely N-dealkylation sites (tertiary alicyclic amines) is 1. The van der Waals surface area contributed by atoms with Crippen LogP contribution in [0, 0.1) is 11.3 Å². The minimum atomic E-state index is -1.09. The van der Waals surface area contributed by atoms with Gasteiger partial charge in [0.15, 0.2) is 0 Å². The molecule has 1 heterocycles. The van der Waals surface area contributed by atoms with E-state index < -0.39 is 5.41 Å². The fourth-order valence-corrected chi connectivity index (χ4v) is 2.75. The molecule has 0 radical (unpaired) electrons. The van der Waals surface area contributed by atoms with Crippen molar-refractivity contribution in [1.82, 2.24) is 4.90 Å². The Morgan fingerprint density at radius 3 is 2.50 bits per heavy atom. The average molecular weight is 323 g/mol. The molecule has 0 unspecified atom stereocenters. The maximum absolute atomic E-state index is 12.7. The van der Waals surface area contributed by atoms with Crippen molar-refractivity contribution in [2.24, 2.45) is 11.3 Å². The van der Waals surface area contributed by atoms with Gasteiger partial charge in [0.1, 0.15) is 5.41 Å². The van der Waals surface area contributed by atoms with E-state index in [9.17, 15) is 9.59 Å². The number of hydrogen-bond donors (Lipinski definition) is 1. The molecule has 1 aromatic carbocycles. The summed E-state index contributed by atoms with van der Waals surface area (Å²) in [7, 11) is 0. The van der Waals surface area contributed by atoms with Crippen LogP contribution in [0.4, 0.5) is 5.69 Å². The summed E-state index contributed by atoms with van der Waals surface area (Å²) in [5, 5.41) is 3.33. The van der Waals surface area contributed by atoms with Crippen molar-refractivity contribution < 1.29 is 9.59 Å². The van der Waals surface area contributed by atoms with E-state index in [-0.39, 0.29) is 11.8 Å². The van der Waals surface area contributed by atoms with Crippen LogP contribution in [0.2, 0.25) is 5.02 Å². The molecule has 5 heteroatoms. The van der Waals surface area contributed by atoms with Crippen LogP contribution in [-0.2, 0) is 9.59 Å². The number of carbonyl (C=O) groups is 2. The van der Waals surface area contributed by atoms with E-state index >= 15 is 0 Å². The zero-order valence-electron chi connectivity index (χ0n) is 13.4. The van der Waals surface area contributed by atoms with Crippen LogP contribution in [-0.4, -0.2) is 29.8 Å². The molecule has 1 N–H and O–H groups in total. The highest BCUT2D eigenvalue weighted by Crippen LogP contribution is 2.26. The van der Waals surface area contributed by atoms with Crippen molar-refractivity contribution in [3.8, 4) is 0 Å². The lowest BCUT2D eigenvalue weighted by atomic mass is 9.88. The van der Waals surface area contributed by atoms with E-state index in [2.05, 4.69) is 12.2 Å². The normalized spacial score (nSPS) is 16.5. The lowest BCUT2D eigenvalue weighted by molar-refractivity contribution is -0.147. The third-order valence-electron chi connectivity index (χ3n) is 4.26. The first-order valence-corrected chi connectivity index (χ1v) is 8.05. The van der Waals surface area contributed by atoms with Crippen LogP contribution in [0.5, 0.6) is 0 Å². The molecule has 0 aromatic heterocycles. The quantitative estimate of drug-likeness (QED) is 0.865. The smallest absolute Gasteiger partial charge is 0.239 e. The van der Waals surface area contributed by atoms with Gasteiger partial charge in [0.05, 0.1) is 0 Å². The summed E-state index contributed by atoms with van der Waals surface area (Å²) in [5.41, 5.74) is -0.492. The largest absolute Gasteiger partial charge is 0.342 e. The number of halogens is 1. The number of hydrogen-bond acceptors (Lipinski definition) is 2. The standard InChI is InChI=1S/C17H23ClN2O2/c1-12-7-9-20(10-8-12)16(22)17(2,3)15(21)19-14-6-4-5-13(18)11-14/h4-6,11-12H,7-10H2,1-3H3,(H,19,21). The summed E-state index contributed by atoms with van der Waals surface area (Å²) in [4.78, 5) is 27.0. The van der Waals surface area contributed by atoms with Crippen LogP contribution >= 0.6 is 11.6 Å². The molecule has 0 bridgehead atoms. The van der Waals surface area contributed by atoms with Gasteiger partial charge in [-0.2, -0.15) is 0 Å². The van der Waals surface area contributed by atoms with Crippen LogP contribution in [0.25, 0.3) is 0 Å². The first kappa shape index (κ1) is 16.8. The maximum atomic E-state index is 12.7. The fourth-order valence-electron chi connectivity index (χ4n) is 2.56. The Morgan fingerprint density at radius 1 is 1.27 bits per heavy atom. The topological polar surface area (TPSA) is 49.4 Å². The number of benzene rings is 1. The molecule has 120 valence electrons. The van der Waals surface area contributed by atoms with E-state index in [1.807, 2.05) is 0 Å². The van der Waals surface area contributed by atoms with Crippen molar-refractivity contribution in [3.05, 3.63) is 29.3 Å². The molecule has 2 rings (SSSR count). The molecule has 0 aliphatic carbocycles. The molecule has 1 aliphatic heterocycles. The van der Waals surface area contributed by atoms with Crippen molar-refractivity contribution in [1.29, 1.82) is 0 Å². The van der Waals surface area contributed by atoms with Gasteiger partial charge >= 0.3 is 0 Å². The monoisotopic (exact) mass is 322 g/mol. The summed E-state index contributed by atoms with van der Waals surface area (Å²) in [6.07, 6.45) is 2.00. The predicted octanol–water partition coefficient (Wildman–Crippen LogP) is 3.56. The average Bonchev–Trinajstić information content (AvgIpc) is 2.47. The van der Waals surface area contributed by atoms with E-state index in [4.69, 9.17) is 11.6 Å². The molecule has 0 atom stereocenters. The SMILES string of the molecule is CC1CCN(C(=O)C(C)(C)C(=O)Nc2cccc(Cl)c2)CC1. The molecular weight excluding hydrogens is 300 g/mol. The summed E-state index contributed by atoms with van der Waals surface area (Å²) < 4.78 is 0. The van der Waals surface area contributed by atoms with Crippen LogP contribution < -0.4 is 5.32 Å². The van der Waals surface area contributed by atoms with E-state index in [1.54, 1.807) is 43.0 Å². The van der Waals surface area contributed by atoms with Crippen molar-refractivity contribution in [3.63, 3.8) is 0 Å². The van der Waals surface area contributed by atoms with E-state index in [0.717, 1.165) is 25.9 Å². The van der Waals surface area contributed by atoms with Crippen molar-refractivity contribution in [2.75, 3.05) is 18.4 Å². The Balaban J connectivity index is 2.05. The Morgan fingerprint density at radius 2 is 1.91 bits per heavy atom. The Kier molecular flexibility index (Phi) is 5.12. The molecule has 0 spiro atoms. The molecule has 2 amide bonds. The van der Waals surface area contributed by atoms with Crippen LogP contribution in [0.3, 0.4) is 0 Å². The van der Waals surface area contributed by atoms with Crippen LogP contribution in [0.1, 0.15) is 33.6 Å². The first-order valence-electron chi connectivity index (χ1n) is 7.67. The zero-order chi connectivity index (χ0) is 16.3. The number of anilines is 1. The molecule has 22 heavy (non-hydrogen) atoms. The second-order valence-corrected chi connectivity index (χ2v) is 7.00. The molecule has 1 aromatic rings. The molecule has 1 saturated heterocycles. The number of nitrogens with zero attached hydrogens (tertiary/aromatic N) is 1. The van der Waals surface area contributed by atoms with Gasteiger partial charge in [-0.3, -0.25) is 9.59 Å². The van der Waals surface area contributed by atoms with Gasteiger partial charge in [-0.25, -0.2) is 0 Å². The van der Waals surface area contributed by atoms with Crippen LogP contribution in [0.15, 0.2) is 24.3 Å². The number of carbonyl (C=O) groups excluding carboxylic acids is 2. The van der Waals surface area contributed by atoms with Gasteiger partial charge in [0, 0.05) is 23.8 Å². The van der Waals surface area contributed by atoms with Crippen molar-refractivity contribution in [2.45, 2.75) is 33.6 Å². The highest BCUT2D eigenvalue weighted by Gasteiger charge is 2.39. The second-order valence-electron chi connectivity index (χ2n) is 6.56. The van der Waals surface area contributed by atoms with Crippen molar-refractivity contribution >= 4 is 29.1 Å². The van der Waals surface area contributed by atoms with Gasteiger partial charge in [0.25, 0.3) is 0 Å². The van der Waals surface area contributed by atoms with Gasteiger partial charge in [-0.05, 0) is 50.8 Å². The highest BCUT2D eigenvalue weighted by atomic mass is 35.5. The van der Waals surface area contributed by atoms with Gasteiger partial charge in [0.2, 0.25) is 11.8 Å². The fraction of sp³-hybridized carbons (Fsp3) is 0.529. The molecule has 0 saturated carbocycles. The van der Waals surface area contributed by atoms with Gasteiger partial charge < -0.3 is 10.2 Å². The minimum absolute atomic E-state index is 0.112. The van der Waals surface area contributed by atoms with Gasteiger partial charge in [-0.15, -0.1) is 0 Å². The minimum Gasteiger partial charge on any atom is -0.342 e.